The first-order chi connectivity index (χ1) is 9.11. The van der Waals surface area contributed by atoms with E-state index in [0.717, 1.165) is 12.1 Å². The number of anilines is 1. The van der Waals surface area contributed by atoms with Gasteiger partial charge in [-0.3, -0.25) is 9.78 Å². The van der Waals surface area contributed by atoms with Gasteiger partial charge in [0.05, 0.1) is 12.1 Å². The second-order valence-corrected chi connectivity index (χ2v) is 5.32. The van der Waals surface area contributed by atoms with Gasteiger partial charge in [0.1, 0.15) is 0 Å². The van der Waals surface area contributed by atoms with Gasteiger partial charge in [-0.25, -0.2) is 0 Å². The van der Waals surface area contributed by atoms with Crippen LogP contribution in [0.2, 0.25) is 0 Å². The molecule has 0 aromatic carbocycles. The Morgan fingerprint density at radius 3 is 3.00 bits per heavy atom. The molecule has 0 aliphatic heterocycles. The number of carbonyl (C=O) groups is 1. The predicted molar refractivity (Wildman–Crippen MR) is 78.3 cm³/mol. The molecule has 19 heavy (non-hydrogen) atoms. The first kappa shape index (κ1) is 13.5. The number of aromatic nitrogens is 1. The standard InChI is InChI=1S/C14H17N3OS/c1-3-10-4-5-19-13(10)8-17-14(18)11-7-16-9(2)6-12(11)15/h4-7H,3,8H2,1-2H3,(H2,15,16)(H,17,18). The number of hydrogen-bond acceptors (Lipinski definition) is 4. The molecule has 0 unspecified atom stereocenters. The zero-order valence-electron chi connectivity index (χ0n) is 11.1. The van der Waals surface area contributed by atoms with Crippen molar-refractivity contribution >= 4 is 22.9 Å². The number of pyridine rings is 1. The van der Waals surface area contributed by atoms with Gasteiger partial charge < -0.3 is 11.1 Å². The van der Waals surface area contributed by atoms with Crippen LogP contribution in [0.5, 0.6) is 0 Å². The number of nitrogen functional groups attached to an aromatic ring is 1. The topological polar surface area (TPSA) is 68.0 Å². The minimum atomic E-state index is -0.180. The van der Waals surface area contributed by atoms with E-state index in [4.69, 9.17) is 5.73 Å². The van der Waals surface area contributed by atoms with Crippen LogP contribution in [-0.2, 0) is 13.0 Å². The van der Waals surface area contributed by atoms with Crippen molar-refractivity contribution in [3.63, 3.8) is 0 Å². The Bertz CT molecular complexity index is 592. The van der Waals surface area contributed by atoms with Crippen molar-refractivity contribution in [2.45, 2.75) is 26.8 Å². The molecule has 2 rings (SSSR count). The van der Waals surface area contributed by atoms with Gasteiger partial charge in [-0.2, -0.15) is 0 Å². The van der Waals surface area contributed by atoms with Crippen molar-refractivity contribution in [2.24, 2.45) is 0 Å². The zero-order chi connectivity index (χ0) is 13.8. The molecule has 0 aliphatic carbocycles. The molecule has 1 amide bonds. The lowest BCUT2D eigenvalue weighted by atomic mass is 10.2. The second kappa shape index (κ2) is 5.84. The number of thiophene rings is 1. The summed E-state index contributed by atoms with van der Waals surface area (Å²) in [6.07, 6.45) is 2.50. The second-order valence-electron chi connectivity index (χ2n) is 4.32. The van der Waals surface area contributed by atoms with Gasteiger partial charge in [-0.15, -0.1) is 11.3 Å². The maximum atomic E-state index is 12.0. The van der Waals surface area contributed by atoms with E-state index in [-0.39, 0.29) is 5.91 Å². The number of amides is 1. The summed E-state index contributed by atoms with van der Waals surface area (Å²) < 4.78 is 0. The quantitative estimate of drug-likeness (QED) is 0.901. The van der Waals surface area contributed by atoms with Crippen molar-refractivity contribution in [3.05, 3.63) is 45.4 Å². The molecule has 2 aromatic heterocycles. The Kier molecular flexibility index (Phi) is 4.16. The van der Waals surface area contributed by atoms with Crippen LogP contribution in [-0.4, -0.2) is 10.9 Å². The van der Waals surface area contributed by atoms with E-state index in [2.05, 4.69) is 23.3 Å². The van der Waals surface area contributed by atoms with Crippen LogP contribution in [0.1, 0.15) is 33.4 Å². The van der Waals surface area contributed by atoms with E-state index < -0.39 is 0 Å². The van der Waals surface area contributed by atoms with Crippen LogP contribution < -0.4 is 11.1 Å². The van der Waals surface area contributed by atoms with Crippen molar-refractivity contribution in [2.75, 3.05) is 5.73 Å². The molecule has 0 saturated carbocycles. The molecular weight excluding hydrogens is 258 g/mol. The molecular formula is C14H17N3OS. The summed E-state index contributed by atoms with van der Waals surface area (Å²) in [7, 11) is 0. The van der Waals surface area contributed by atoms with Gasteiger partial charge in [-0.1, -0.05) is 6.92 Å². The Balaban J connectivity index is 2.05. The summed E-state index contributed by atoms with van der Waals surface area (Å²) in [6.45, 7) is 4.49. The number of hydrogen-bond donors (Lipinski definition) is 2. The first-order valence-corrected chi connectivity index (χ1v) is 7.05. The highest BCUT2D eigenvalue weighted by Gasteiger charge is 2.11. The molecule has 0 spiro atoms. The van der Waals surface area contributed by atoms with Gasteiger partial charge in [0, 0.05) is 22.5 Å². The number of nitrogens with one attached hydrogen (secondary N) is 1. The summed E-state index contributed by atoms with van der Waals surface area (Å²) in [5, 5.41) is 4.93. The fourth-order valence-electron chi connectivity index (χ4n) is 1.86. The zero-order valence-corrected chi connectivity index (χ0v) is 11.9. The molecule has 4 nitrogen and oxygen atoms in total. The molecule has 0 aliphatic rings. The smallest absolute Gasteiger partial charge is 0.255 e. The SMILES string of the molecule is CCc1ccsc1CNC(=O)c1cnc(C)cc1N. The highest BCUT2D eigenvalue weighted by molar-refractivity contribution is 7.10. The number of rotatable bonds is 4. The van der Waals surface area contributed by atoms with E-state index in [1.165, 1.54) is 16.6 Å². The first-order valence-electron chi connectivity index (χ1n) is 6.17. The number of nitrogens with zero attached hydrogens (tertiary/aromatic N) is 1. The Labute approximate surface area is 116 Å². The van der Waals surface area contributed by atoms with Crippen molar-refractivity contribution in [1.82, 2.24) is 10.3 Å². The van der Waals surface area contributed by atoms with E-state index in [1.807, 2.05) is 12.3 Å². The molecule has 2 heterocycles. The number of aryl methyl sites for hydroxylation is 2. The van der Waals surface area contributed by atoms with Crippen LogP contribution in [0.3, 0.4) is 0 Å². The lowest BCUT2D eigenvalue weighted by Crippen LogP contribution is -2.24. The maximum Gasteiger partial charge on any atom is 0.255 e. The Hall–Kier alpha value is -1.88. The fourth-order valence-corrected chi connectivity index (χ4v) is 2.78. The predicted octanol–water partition coefficient (Wildman–Crippen LogP) is 2.53. The highest BCUT2D eigenvalue weighted by Crippen LogP contribution is 2.17. The minimum Gasteiger partial charge on any atom is -0.398 e. The fraction of sp³-hybridized carbons (Fsp3) is 0.286. The molecule has 0 saturated heterocycles. The molecule has 5 heteroatoms. The summed E-state index contributed by atoms with van der Waals surface area (Å²) in [5.74, 6) is -0.180. The van der Waals surface area contributed by atoms with Crippen molar-refractivity contribution < 1.29 is 4.79 Å². The Morgan fingerprint density at radius 1 is 1.53 bits per heavy atom. The highest BCUT2D eigenvalue weighted by atomic mass is 32.1. The molecule has 2 aromatic rings. The summed E-state index contributed by atoms with van der Waals surface area (Å²) >= 11 is 1.66. The largest absolute Gasteiger partial charge is 0.398 e. The molecule has 0 fully saturated rings. The minimum absolute atomic E-state index is 0.180. The molecule has 0 atom stereocenters. The third-order valence-electron chi connectivity index (χ3n) is 2.95. The van der Waals surface area contributed by atoms with Gasteiger partial charge in [0.15, 0.2) is 0 Å². The molecule has 100 valence electrons. The lowest BCUT2D eigenvalue weighted by Gasteiger charge is -2.08. The third-order valence-corrected chi connectivity index (χ3v) is 3.91. The molecule has 0 bridgehead atoms. The van der Waals surface area contributed by atoms with Crippen LogP contribution in [0.15, 0.2) is 23.7 Å². The van der Waals surface area contributed by atoms with Gasteiger partial charge >= 0.3 is 0 Å². The summed E-state index contributed by atoms with van der Waals surface area (Å²) in [5.41, 5.74) is 8.81. The molecule has 0 radical (unpaired) electrons. The van der Waals surface area contributed by atoms with E-state index >= 15 is 0 Å². The van der Waals surface area contributed by atoms with Crippen LogP contribution >= 0.6 is 11.3 Å². The normalized spacial score (nSPS) is 10.4. The van der Waals surface area contributed by atoms with E-state index in [9.17, 15) is 4.79 Å². The van der Waals surface area contributed by atoms with E-state index in [1.54, 1.807) is 17.4 Å². The summed E-state index contributed by atoms with van der Waals surface area (Å²) in [6, 6.07) is 3.80. The molecule has 3 N–H and O–H groups in total. The average Bonchev–Trinajstić information content (AvgIpc) is 2.83. The van der Waals surface area contributed by atoms with Crippen LogP contribution in [0.4, 0.5) is 5.69 Å². The van der Waals surface area contributed by atoms with Gasteiger partial charge in [0.25, 0.3) is 5.91 Å². The van der Waals surface area contributed by atoms with Gasteiger partial charge in [-0.05, 0) is 36.4 Å². The monoisotopic (exact) mass is 275 g/mol. The van der Waals surface area contributed by atoms with Gasteiger partial charge in [0.2, 0.25) is 0 Å². The summed E-state index contributed by atoms with van der Waals surface area (Å²) in [4.78, 5) is 17.3. The van der Waals surface area contributed by atoms with E-state index in [0.29, 0.717) is 17.8 Å². The average molecular weight is 275 g/mol. The van der Waals surface area contributed by atoms with Crippen LogP contribution in [0, 0.1) is 6.92 Å². The third kappa shape index (κ3) is 3.12. The lowest BCUT2D eigenvalue weighted by molar-refractivity contribution is 0.0952. The van der Waals surface area contributed by atoms with Crippen LogP contribution in [0.25, 0.3) is 0 Å². The van der Waals surface area contributed by atoms with Crippen molar-refractivity contribution in [3.8, 4) is 0 Å². The number of carbonyl (C=O) groups excluding carboxylic acids is 1. The maximum absolute atomic E-state index is 12.0. The number of nitrogens with two attached hydrogens (primary N) is 1. The van der Waals surface area contributed by atoms with Crippen molar-refractivity contribution in [1.29, 1.82) is 0 Å². The Morgan fingerprint density at radius 2 is 2.32 bits per heavy atom.